The Labute approximate surface area is 148 Å². The zero-order valence-corrected chi connectivity index (χ0v) is 16.2. The van der Waals surface area contributed by atoms with Gasteiger partial charge in [0.25, 0.3) is 0 Å². The van der Waals surface area contributed by atoms with Gasteiger partial charge in [0.05, 0.1) is 15.9 Å². The molecular weight excluding hydrogens is 415 g/mol. The standard InChI is InChI=1S/C16H19Br2ClN2/c1-3-14-16(18)15(21(4-2)20-14)9-12(10-19)11-5-7-13(17)8-6-11/h5-8,12H,3-4,9-10H2,1-2H3. The zero-order chi connectivity index (χ0) is 15.4. The van der Waals surface area contributed by atoms with Crippen LogP contribution in [0.3, 0.4) is 0 Å². The summed E-state index contributed by atoms with van der Waals surface area (Å²) in [5.74, 6) is 0.896. The Kier molecular flexibility index (Phi) is 6.33. The van der Waals surface area contributed by atoms with Crippen molar-refractivity contribution in [2.45, 2.75) is 39.2 Å². The van der Waals surface area contributed by atoms with Crippen LogP contribution in [0.5, 0.6) is 0 Å². The van der Waals surface area contributed by atoms with Crippen LogP contribution in [0.2, 0.25) is 0 Å². The third-order valence-corrected chi connectivity index (χ3v) is 5.48. The van der Waals surface area contributed by atoms with Gasteiger partial charge >= 0.3 is 0 Å². The summed E-state index contributed by atoms with van der Waals surface area (Å²) in [6, 6.07) is 8.41. The Morgan fingerprint density at radius 3 is 2.38 bits per heavy atom. The summed E-state index contributed by atoms with van der Waals surface area (Å²) >= 11 is 13.4. The molecule has 2 nitrogen and oxygen atoms in total. The third kappa shape index (κ3) is 3.91. The van der Waals surface area contributed by atoms with Crippen molar-refractivity contribution in [2.75, 3.05) is 5.88 Å². The maximum Gasteiger partial charge on any atom is 0.0766 e. The van der Waals surface area contributed by atoms with Gasteiger partial charge in [-0.05, 0) is 53.4 Å². The molecule has 1 atom stereocenters. The largest absolute Gasteiger partial charge is 0.268 e. The van der Waals surface area contributed by atoms with Crippen LogP contribution < -0.4 is 0 Å². The average molecular weight is 435 g/mol. The van der Waals surface area contributed by atoms with Crippen LogP contribution >= 0.6 is 43.5 Å². The van der Waals surface area contributed by atoms with E-state index in [1.165, 1.54) is 11.3 Å². The Balaban J connectivity index is 2.30. The molecule has 5 heteroatoms. The molecule has 0 radical (unpaired) electrons. The van der Waals surface area contributed by atoms with E-state index in [9.17, 15) is 0 Å². The predicted molar refractivity (Wildman–Crippen MR) is 96.3 cm³/mol. The summed E-state index contributed by atoms with van der Waals surface area (Å²) in [6.45, 7) is 5.13. The molecule has 0 aliphatic rings. The summed E-state index contributed by atoms with van der Waals surface area (Å²) in [5, 5.41) is 4.66. The highest BCUT2D eigenvalue weighted by molar-refractivity contribution is 9.10. The molecule has 0 saturated carbocycles. The molecule has 1 unspecified atom stereocenters. The molecule has 0 aliphatic heterocycles. The lowest BCUT2D eigenvalue weighted by atomic mass is 9.96. The summed E-state index contributed by atoms with van der Waals surface area (Å²) in [5.41, 5.74) is 3.63. The quantitative estimate of drug-likeness (QED) is 0.545. The molecule has 114 valence electrons. The number of aryl methyl sites for hydroxylation is 2. The van der Waals surface area contributed by atoms with Gasteiger partial charge in [0, 0.05) is 22.8 Å². The topological polar surface area (TPSA) is 17.8 Å². The van der Waals surface area contributed by atoms with Gasteiger partial charge in [-0.2, -0.15) is 5.10 Å². The van der Waals surface area contributed by atoms with Gasteiger partial charge in [0.2, 0.25) is 0 Å². The van der Waals surface area contributed by atoms with Crippen molar-refractivity contribution in [3.05, 3.63) is 50.2 Å². The van der Waals surface area contributed by atoms with Gasteiger partial charge < -0.3 is 0 Å². The molecule has 0 fully saturated rings. The molecule has 0 saturated heterocycles. The Morgan fingerprint density at radius 2 is 1.86 bits per heavy atom. The van der Waals surface area contributed by atoms with Crippen LogP contribution in [0.4, 0.5) is 0 Å². The highest BCUT2D eigenvalue weighted by atomic mass is 79.9. The van der Waals surface area contributed by atoms with Crippen LogP contribution in [-0.2, 0) is 19.4 Å². The Morgan fingerprint density at radius 1 is 1.19 bits per heavy atom. The van der Waals surface area contributed by atoms with Crippen molar-refractivity contribution >= 4 is 43.5 Å². The van der Waals surface area contributed by atoms with E-state index < -0.39 is 0 Å². The van der Waals surface area contributed by atoms with E-state index in [2.05, 4.69) is 79.8 Å². The van der Waals surface area contributed by atoms with Gasteiger partial charge in [0.15, 0.2) is 0 Å². The first-order valence-corrected chi connectivity index (χ1v) is 9.28. The molecular formula is C16H19Br2ClN2. The lowest BCUT2D eigenvalue weighted by molar-refractivity contribution is 0.592. The van der Waals surface area contributed by atoms with Crippen molar-refractivity contribution < 1.29 is 0 Å². The zero-order valence-electron chi connectivity index (χ0n) is 12.2. The van der Waals surface area contributed by atoms with Gasteiger partial charge in [-0.15, -0.1) is 11.6 Å². The maximum absolute atomic E-state index is 6.22. The minimum atomic E-state index is 0.294. The molecule has 0 bridgehead atoms. The van der Waals surface area contributed by atoms with E-state index in [-0.39, 0.29) is 0 Å². The van der Waals surface area contributed by atoms with Gasteiger partial charge in [-0.25, -0.2) is 0 Å². The highest BCUT2D eigenvalue weighted by Gasteiger charge is 2.19. The van der Waals surface area contributed by atoms with Gasteiger partial charge in [-0.3, -0.25) is 4.68 Å². The maximum atomic E-state index is 6.22. The van der Waals surface area contributed by atoms with Crippen LogP contribution in [-0.4, -0.2) is 15.7 Å². The number of halogens is 3. The fourth-order valence-corrected chi connectivity index (χ4v) is 3.72. The number of hydrogen-bond donors (Lipinski definition) is 0. The van der Waals surface area contributed by atoms with Crippen molar-refractivity contribution in [2.24, 2.45) is 0 Å². The van der Waals surface area contributed by atoms with Gasteiger partial charge in [0.1, 0.15) is 0 Å². The highest BCUT2D eigenvalue weighted by Crippen LogP contribution is 2.29. The first-order chi connectivity index (χ1) is 10.1. The number of aromatic nitrogens is 2. The second kappa shape index (κ2) is 7.80. The number of rotatable bonds is 6. The molecule has 1 aromatic heterocycles. The predicted octanol–water partition coefficient (Wildman–Crippen LogP) is 5.56. The number of alkyl halides is 1. The van der Waals surface area contributed by atoms with Crippen molar-refractivity contribution in [1.82, 2.24) is 9.78 Å². The lowest BCUT2D eigenvalue weighted by Gasteiger charge is -2.16. The first-order valence-electron chi connectivity index (χ1n) is 7.16. The smallest absolute Gasteiger partial charge is 0.0766 e. The molecule has 0 N–H and O–H groups in total. The number of nitrogens with zero attached hydrogens (tertiary/aromatic N) is 2. The van der Waals surface area contributed by atoms with Crippen LogP contribution in [0, 0.1) is 0 Å². The molecule has 1 heterocycles. The normalized spacial score (nSPS) is 12.6. The minimum Gasteiger partial charge on any atom is -0.268 e. The monoisotopic (exact) mass is 432 g/mol. The van der Waals surface area contributed by atoms with E-state index in [1.54, 1.807) is 0 Å². The Hall–Kier alpha value is -0.320. The lowest BCUT2D eigenvalue weighted by Crippen LogP contribution is -2.10. The molecule has 0 spiro atoms. The van der Waals surface area contributed by atoms with E-state index in [1.807, 2.05) is 0 Å². The summed E-state index contributed by atoms with van der Waals surface area (Å²) < 4.78 is 4.31. The first kappa shape index (κ1) is 17.0. The van der Waals surface area contributed by atoms with E-state index in [0.717, 1.165) is 34.0 Å². The third-order valence-electron chi connectivity index (χ3n) is 3.66. The van der Waals surface area contributed by atoms with E-state index in [4.69, 9.17) is 11.6 Å². The van der Waals surface area contributed by atoms with Crippen LogP contribution in [0.25, 0.3) is 0 Å². The molecule has 2 rings (SSSR count). The fourth-order valence-electron chi connectivity index (χ4n) is 2.44. The molecule has 0 aliphatic carbocycles. The van der Waals surface area contributed by atoms with Crippen LogP contribution in [0.15, 0.2) is 33.2 Å². The molecule has 21 heavy (non-hydrogen) atoms. The second-order valence-electron chi connectivity index (χ2n) is 4.98. The van der Waals surface area contributed by atoms with Crippen molar-refractivity contribution in [3.63, 3.8) is 0 Å². The van der Waals surface area contributed by atoms with Gasteiger partial charge in [-0.1, -0.05) is 35.0 Å². The SMILES string of the molecule is CCc1nn(CC)c(CC(CCl)c2ccc(Br)cc2)c1Br. The molecule has 0 amide bonds. The second-order valence-corrected chi connectivity index (χ2v) is 7.00. The molecule has 2 aromatic rings. The van der Waals surface area contributed by atoms with E-state index >= 15 is 0 Å². The Bertz CT molecular complexity index is 593. The van der Waals surface area contributed by atoms with E-state index in [0.29, 0.717) is 11.8 Å². The van der Waals surface area contributed by atoms with Crippen molar-refractivity contribution in [1.29, 1.82) is 0 Å². The minimum absolute atomic E-state index is 0.294. The fraction of sp³-hybridized carbons (Fsp3) is 0.438. The number of benzene rings is 1. The summed E-state index contributed by atoms with van der Waals surface area (Å²) in [4.78, 5) is 0. The van der Waals surface area contributed by atoms with Crippen LogP contribution in [0.1, 0.15) is 36.7 Å². The number of hydrogen-bond acceptors (Lipinski definition) is 1. The molecule has 1 aromatic carbocycles. The average Bonchev–Trinajstić information content (AvgIpc) is 2.81. The summed E-state index contributed by atoms with van der Waals surface area (Å²) in [6.07, 6.45) is 1.83. The van der Waals surface area contributed by atoms with Crippen molar-refractivity contribution in [3.8, 4) is 0 Å². The summed E-state index contributed by atoms with van der Waals surface area (Å²) in [7, 11) is 0.